The Morgan fingerprint density at radius 3 is 2.58 bits per heavy atom. The summed E-state index contributed by atoms with van der Waals surface area (Å²) in [5, 5.41) is 8.56. The number of benzene rings is 2. The molecule has 0 radical (unpaired) electrons. The monoisotopic (exact) mass is 457 g/mol. The summed E-state index contributed by atoms with van der Waals surface area (Å²) in [6, 6.07) is 13.1. The molecule has 0 bridgehead atoms. The summed E-state index contributed by atoms with van der Waals surface area (Å²) < 4.78 is 5.44. The van der Waals surface area contributed by atoms with Crippen LogP contribution in [-0.2, 0) is 4.74 Å². The zero-order valence-electron chi connectivity index (χ0n) is 16.8. The van der Waals surface area contributed by atoms with E-state index in [9.17, 15) is 0 Å². The van der Waals surface area contributed by atoms with Crippen molar-refractivity contribution in [3.63, 3.8) is 0 Å². The van der Waals surface area contributed by atoms with Crippen molar-refractivity contribution in [3.8, 4) is 0 Å². The summed E-state index contributed by atoms with van der Waals surface area (Å²) in [7, 11) is 0. The number of hydrogen-bond donors (Lipinski definition) is 2. The Hall–Kier alpha value is -2.94. The maximum Gasteiger partial charge on any atom is 0.250 e. The summed E-state index contributed by atoms with van der Waals surface area (Å²) in [6.07, 6.45) is 1.59. The average Bonchev–Trinajstić information content (AvgIpc) is 2.77. The first kappa shape index (κ1) is 21.3. The molecule has 2 heterocycles. The van der Waals surface area contributed by atoms with Gasteiger partial charge in [-0.1, -0.05) is 47.5 Å². The SMILES string of the molecule is Cc1ccccc1Nc1nc(N/N=C\c2ccc(Cl)cc2Cl)nc(N2CCOCC2)n1. The number of halogens is 2. The van der Waals surface area contributed by atoms with E-state index in [0.29, 0.717) is 54.2 Å². The van der Waals surface area contributed by atoms with Crippen molar-refractivity contribution in [2.75, 3.05) is 41.9 Å². The van der Waals surface area contributed by atoms with Gasteiger partial charge in [0.2, 0.25) is 17.8 Å². The number of hydrazone groups is 1. The topological polar surface area (TPSA) is 87.6 Å². The predicted octanol–water partition coefficient (Wildman–Crippen LogP) is 4.51. The number of para-hydroxylation sites is 1. The number of rotatable bonds is 6. The second kappa shape index (κ2) is 9.91. The zero-order chi connectivity index (χ0) is 21.6. The van der Waals surface area contributed by atoms with Crippen LogP contribution in [0.3, 0.4) is 0 Å². The third-order valence-corrected chi connectivity index (χ3v) is 5.20. The molecule has 0 spiro atoms. The van der Waals surface area contributed by atoms with E-state index < -0.39 is 0 Å². The molecule has 8 nitrogen and oxygen atoms in total. The lowest BCUT2D eigenvalue weighted by atomic mass is 10.2. The van der Waals surface area contributed by atoms with Crippen LogP contribution in [0.25, 0.3) is 0 Å². The minimum atomic E-state index is 0.314. The Morgan fingerprint density at radius 1 is 1.03 bits per heavy atom. The van der Waals surface area contributed by atoms with E-state index in [-0.39, 0.29) is 0 Å². The highest BCUT2D eigenvalue weighted by Crippen LogP contribution is 2.22. The molecule has 0 amide bonds. The van der Waals surface area contributed by atoms with Gasteiger partial charge >= 0.3 is 0 Å². The molecular weight excluding hydrogens is 437 g/mol. The number of aryl methyl sites for hydroxylation is 1. The summed E-state index contributed by atoms with van der Waals surface area (Å²) in [4.78, 5) is 15.6. The number of nitrogens with zero attached hydrogens (tertiary/aromatic N) is 5. The highest BCUT2D eigenvalue weighted by molar-refractivity contribution is 6.36. The Kier molecular flexibility index (Phi) is 6.81. The highest BCUT2D eigenvalue weighted by atomic mass is 35.5. The minimum Gasteiger partial charge on any atom is -0.378 e. The van der Waals surface area contributed by atoms with Crippen molar-refractivity contribution < 1.29 is 4.74 Å². The second-order valence-electron chi connectivity index (χ2n) is 6.86. The maximum absolute atomic E-state index is 6.20. The van der Waals surface area contributed by atoms with Crippen LogP contribution in [0.1, 0.15) is 11.1 Å². The lowest BCUT2D eigenvalue weighted by Gasteiger charge is -2.27. The van der Waals surface area contributed by atoms with Crippen molar-refractivity contribution in [3.05, 3.63) is 63.6 Å². The number of nitrogens with one attached hydrogen (secondary N) is 2. The van der Waals surface area contributed by atoms with Crippen LogP contribution < -0.4 is 15.6 Å². The Bertz CT molecular complexity index is 1090. The van der Waals surface area contributed by atoms with Gasteiger partial charge in [-0.05, 0) is 30.7 Å². The molecule has 1 aliphatic rings. The Labute approximate surface area is 190 Å². The maximum atomic E-state index is 6.20. The number of anilines is 4. The van der Waals surface area contributed by atoms with Gasteiger partial charge in [-0.3, -0.25) is 0 Å². The normalized spacial score (nSPS) is 14.1. The fraction of sp³-hybridized carbons (Fsp3) is 0.238. The van der Waals surface area contributed by atoms with Crippen molar-refractivity contribution in [2.24, 2.45) is 5.10 Å². The molecule has 10 heteroatoms. The molecule has 0 saturated carbocycles. The van der Waals surface area contributed by atoms with Crippen molar-refractivity contribution in [2.45, 2.75) is 6.92 Å². The van der Waals surface area contributed by atoms with Crippen LogP contribution in [0.15, 0.2) is 47.6 Å². The standard InChI is InChI=1S/C21H21Cl2N7O/c1-14-4-2-3-5-18(14)25-19-26-20(28-21(27-19)30-8-10-31-11-9-30)29-24-13-15-6-7-16(22)12-17(15)23/h2-7,12-13H,8-11H2,1H3,(H2,25,26,27,28,29)/b24-13-. The first-order chi connectivity index (χ1) is 15.1. The molecule has 1 aliphatic heterocycles. The number of morpholine rings is 1. The van der Waals surface area contributed by atoms with Crippen molar-refractivity contribution in [1.29, 1.82) is 0 Å². The van der Waals surface area contributed by atoms with Crippen molar-refractivity contribution >= 4 is 52.9 Å². The predicted molar refractivity (Wildman–Crippen MR) is 125 cm³/mol. The van der Waals surface area contributed by atoms with Gasteiger partial charge in [0.15, 0.2) is 0 Å². The molecule has 1 saturated heterocycles. The smallest absolute Gasteiger partial charge is 0.250 e. The summed E-state index contributed by atoms with van der Waals surface area (Å²) in [5.41, 5.74) is 5.60. The van der Waals surface area contributed by atoms with Crippen LogP contribution in [-0.4, -0.2) is 47.5 Å². The van der Waals surface area contributed by atoms with E-state index in [0.717, 1.165) is 16.8 Å². The molecule has 2 aromatic carbocycles. The molecule has 0 unspecified atom stereocenters. The van der Waals surface area contributed by atoms with Gasteiger partial charge in [-0.2, -0.15) is 20.1 Å². The quantitative estimate of drug-likeness (QED) is 0.415. The molecule has 1 fully saturated rings. The summed E-state index contributed by atoms with van der Waals surface area (Å²) in [6.45, 7) is 4.68. The fourth-order valence-corrected chi connectivity index (χ4v) is 3.43. The molecule has 0 aliphatic carbocycles. The van der Waals surface area contributed by atoms with Gasteiger partial charge in [0, 0.05) is 29.4 Å². The molecule has 31 heavy (non-hydrogen) atoms. The van der Waals surface area contributed by atoms with E-state index in [2.05, 4.69) is 35.7 Å². The average molecular weight is 458 g/mol. The van der Waals surface area contributed by atoms with Gasteiger partial charge in [-0.15, -0.1) is 0 Å². The summed E-state index contributed by atoms with van der Waals surface area (Å²) >= 11 is 12.1. The Balaban J connectivity index is 1.59. The number of ether oxygens (including phenoxy) is 1. The van der Waals surface area contributed by atoms with E-state index >= 15 is 0 Å². The molecular formula is C21H21Cl2N7O. The van der Waals surface area contributed by atoms with Gasteiger partial charge in [0.25, 0.3) is 0 Å². The molecule has 4 rings (SSSR count). The van der Waals surface area contributed by atoms with Crippen LogP contribution >= 0.6 is 23.2 Å². The van der Waals surface area contributed by atoms with Crippen LogP contribution in [0.4, 0.5) is 23.5 Å². The molecule has 160 valence electrons. The van der Waals surface area contributed by atoms with Gasteiger partial charge < -0.3 is 15.0 Å². The van der Waals surface area contributed by atoms with Crippen LogP contribution in [0.2, 0.25) is 10.0 Å². The Morgan fingerprint density at radius 2 is 1.81 bits per heavy atom. The molecule has 2 N–H and O–H groups in total. The summed E-state index contributed by atoms with van der Waals surface area (Å²) in [5.74, 6) is 1.29. The van der Waals surface area contributed by atoms with E-state index in [1.807, 2.05) is 31.2 Å². The van der Waals surface area contributed by atoms with Crippen LogP contribution in [0.5, 0.6) is 0 Å². The molecule has 1 aromatic heterocycles. The van der Waals surface area contributed by atoms with E-state index in [1.165, 1.54) is 0 Å². The molecule has 0 atom stereocenters. The first-order valence-corrected chi connectivity index (χ1v) is 10.5. The number of aromatic nitrogens is 3. The third-order valence-electron chi connectivity index (χ3n) is 4.64. The van der Waals surface area contributed by atoms with Crippen molar-refractivity contribution in [1.82, 2.24) is 15.0 Å². The largest absolute Gasteiger partial charge is 0.378 e. The highest BCUT2D eigenvalue weighted by Gasteiger charge is 2.17. The lowest BCUT2D eigenvalue weighted by molar-refractivity contribution is 0.122. The van der Waals surface area contributed by atoms with Crippen LogP contribution in [0, 0.1) is 6.92 Å². The number of hydrogen-bond acceptors (Lipinski definition) is 8. The lowest BCUT2D eigenvalue weighted by Crippen LogP contribution is -2.37. The third kappa shape index (κ3) is 5.61. The fourth-order valence-electron chi connectivity index (χ4n) is 2.97. The second-order valence-corrected chi connectivity index (χ2v) is 7.70. The van der Waals surface area contributed by atoms with E-state index in [1.54, 1.807) is 24.4 Å². The van der Waals surface area contributed by atoms with Gasteiger partial charge in [-0.25, -0.2) is 5.43 Å². The first-order valence-electron chi connectivity index (χ1n) is 9.74. The van der Waals surface area contributed by atoms with E-state index in [4.69, 9.17) is 27.9 Å². The zero-order valence-corrected chi connectivity index (χ0v) is 18.4. The molecule has 3 aromatic rings. The van der Waals surface area contributed by atoms with Gasteiger partial charge in [0.05, 0.1) is 24.5 Å². The van der Waals surface area contributed by atoms with Gasteiger partial charge in [0.1, 0.15) is 0 Å². The minimum absolute atomic E-state index is 0.314.